The van der Waals surface area contributed by atoms with Crippen LogP contribution in [0, 0.1) is 0 Å². The summed E-state index contributed by atoms with van der Waals surface area (Å²) in [6.45, 7) is 3.29. The zero-order valence-electron chi connectivity index (χ0n) is 12.2. The zero-order valence-corrected chi connectivity index (χ0v) is 12.2. The highest BCUT2D eigenvalue weighted by Gasteiger charge is 2.06. The van der Waals surface area contributed by atoms with Crippen LogP contribution in [0.1, 0.15) is 6.92 Å². The van der Waals surface area contributed by atoms with Crippen LogP contribution in [0.25, 0.3) is 0 Å². The monoisotopic (exact) mass is 283 g/mol. The maximum Gasteiger partial charge on any atom is 0.323 e. The van der Waals surface area contributed by atoms with Gasteiger partial charge in [-0.15, -0.1) is 0 Å². The number of nitrogens with zero attached hydrogens (tertiary/aromatic N) is 4. The lowest BCUT2D eigenvalue weighted by molar-refractivity contribution is 0.218. The Bertz CT molecular complexity index is 439. The third-order valence-electron chi connectivity index (χ3n) is 2.20. The van der Waals surface area contributed by atoms with Crippen LogP contribution in [0.4, 0.5) is 16.7 Å². The van der Waals surface area contributed by atoms with Crippen molar-refractivity contribution in [1.82, 2.24) is 25.2 Å². The molecule has 9 heteroatoms. The lowest BCUT2D eigenvalue weighted by Crippen LogP contribution is -2.37. The van der Waals surface area contributed by atoms with E-state index in [-0.39, 0.29) is 12.0 Å². The third-order valence-corrected chi connectivity index (χ3v) is 2.20. The van der Waals surface area contributed by atoms with Gasteiger partial charge in [-0.1, -0.05) is 0 Å². The first kappa shape index (κ1) is 15.7. The molecule has 0 unspecified atom stereocenters. The highest BCUT2D eigenvalue weighted by molar-refractivity contribution is 5.73. The van der Waals surface area contributed by atoms with Gasteiger partial charge < -0.3 is 25.6 Å². The van der Waals surface area contributed by atoms with E-state index >= 15 is 0 Å². The molecular formula is C11H21N7O2. The number of rotatable bonds is 7. The van der Waals surface area contributed by atoms with E-state index in [2.05, 4.69) is 30.9 Å². The fourth-order valence-corrected chi connectivity index (χ4v) is 1.24. The fourth-order valence-electron chi connectivity index (χ4n) is 1.24. The summed E-state index contributed by atoms with van der Waals surface area (Å²) >= 11 is 0. The summed E-state index contributed by atoms with van der Waals surface area (Å²) in [6.07, 6.45) is 0. The Balaban J connectivity index is 2.50. The van der Waals surface area contributed by atoms with Crippen molar-refractivity contribution in [2.75, 3.05) is 51.5 Å². The van der Waals surface area contributed by atoms with Crippen molar-refractivity contribution in [2.45, 2.75) is 6.92 Å². The van der Waals surface area contributed by atoms with Crippen molar-refractivity contribution < 1.29 is 9.53 Å². The van der Waals surface area contributed by atoms with Crippen molar-refractivity contribution in [3.8, 4) is 6.01 Å². The van der Waals surface area contributed by atoms with E-state index in [0.29, 0.717) is 31.6 Å². The molecule has 0 atom stereocenters. The molecule has 9 nitrogen and oxygen atoms in total. The van der Waals surface area contributed by atoms with E-state index in [0.717, 1.165) is 0 Å². The molecule has 0 aliphatic rings. The molecule has 112 valence electrons. The molecule has 2 amide bonds. The van der Waals surface area contributed by atoms with E-state index in [4.69, 9.17) is 4.74 Å². The molecule has 0 spiro atoms. The van der Waals surface area contributed by atoms with Crippen LogP contribution < -0.4 is 20.7 Å². The lowest BCUT2D eigenvalue weighted by Gasteiger charge is -2.12. The number of aromatic nitrogens is 3. The summed E-state index contributed by atoms with van der Waals surface area (Å²) in [7, 11) is 5.08. The van der Waals surface area contributed by atoms with Crippen molar-refractivity contribution in [3.63, 3.8) is 0 Å². The summed E-state index contributed by atoms with van der Waals surface area (Å²) in [5.74, 6) is 0.815. The predicted molar refractivity (Wildman–Crippen MR) is 76.1 cm³/mol. The number of anilines is 2. The van der Waals surface area contributed by atoms with Gasteiger partial charge in [0.1, 0.15) is 0 Å². The smallest absolute Gasteiger partial charge is 0.323 e. The average Bonchev–Trinajstić information content (AvgIpc) is 2.43. The van der Waals surface area contributed by atoms with Gasteiger partial charge in [-0.2, -0.15) is 15.0 Å². The highest BCUT2D eigenvalue weighted by Crippen LogP contribution is 2.10. The molecule has 1 rings (SSSR count). The van der Waals surface area contributed by atoms with Gasteiger partial charge in [0.05, 0.1) is 6.61 Å². The highest BCUT2D eigenvalue weighted by atomic mass is 16.5. The number of hydrogen-bond donors (Lipinski definition) is 3. The SMILES string of the molecule is CCOc1nc(NC)nc(NCCNC(=O)N(C)C)n1. The minimum absolute atomic E-state index is 0.145. The number of hydrogen-bond acceptors (Lipinski definition) is 7. The van der Waals surface area contributed by atoms with Crippen LogP contribution >= 0.6 is 0 Å². The summed E-state index contributed by atoms with van der Waals surface area (Å²) in [6, 6.07) is 0.111. The van der Waals surface area contributed by atoms with Crippen LogP contribution in [0.15, 0.2) is 0 Å². The minimum atomic E-state index is -0.145. The first-order valence-corrected chi connectivity index (χ1v) is 6.32. The maximum atomic E-state index is 11.3. The Morgan fingerprint density at radius 1 is 1.20 bits per heavy atom. The first-order chi connectivity index (χ1) is 9.56. The summed E-state index contributed by atoms with van der Waals surface area (Å²) in [5, 5.41) is 8.56. The van der Waals surface area contributed by atoms with Crippen LogP contribution in [0.3, 0.4) is 0 Å². The van der Waals surface area contributed by atoms with Gasteiger partial charge in [0.2, 0.25) is 11.9 Å². The molecule has 0 saturated carbocycles. The van der Waals surface area contributed by atoms with Gasteiger partial charge in [-0.25, -0.2) is 4.79 Å². The molecule has 0 fully saturated rings. The van der Waals surface area contributed by atoms with Crippen molar-refractivity contribution in [2.24, 2.45) is 0 Å². The van der Waals surface area contributed by atoms with Gasteiger partial charge in [0, 0.05) is 34.2 Å². The average molecular weight is 283 g/mol. The predicted octanol–water partition coefficient (Wildman–Crippen LogP) is -0.00490. The normalized spacial score (nSPS) is 9.80. The molecule has 1 heterocycles. The number of urea groups is 1. The number of nitrogens with one attached hydrogen (secondary N) is 3. The van der Waals surface area contributed by atoms with Crippen molar-refractivity contribution >= 4 is 17.9 Å². The molecule has 0 aromatic carbocycles. The third kappa shape index (κ3) is 5.12. The zero-order chi connectivity index (χ0) is 15.0. The number of amides is 2. The van der Waals surface area contributed by atoms with Crippen LogP contribution in [-0.4, -0.2) is 66.7 Å². The van der Waals surface area contributed by atoms with Crippen LogP contribution in [0.5, 0.6) is 6.01 Å². The Morgan fingerprint density at radius 3 is 2.50 bits per heavy atom. The summed E-state index contributed by atoms with van der Waals surface area (Å²) in [5.41, 5.74) is 0. The molecule has 20 heavy (non-hydrogen) atoms. The summed E-state index contributed by atoms with van der Waals surface area (Å²) < 4.78 is 5.25. The Hall–Kier alpha value is -2.32. The topological polar surface area (TPSA) is 104 Å². The molecule has 3 N–H and O–H groups in total. The standard InChI is InChI=1S/C11H21N7O2/c1-5-20-10-16-8(12-2)15-9(17-10)13-6-7-14-11(19)18(3)4/h5-7H2,1-4H3,(H,14,19)(H2,12,13,15,16,17). The number of carbonyl (C=O) groups excluding carboxylic acids is 1. The second-order valence-electron chi connectivity index (χ2n) is 4.00. The van der Waals surface area contributed by atoms with Gasteiger partial charge in [0.15, 0.2) is 0 Å². The quantitative estimate of drug-likeness (QED) is 0.605. The van der Waals surface area contributed by atoms with Gasteiger partial charge in [-0.05, 0) is 6.92 Å². The molecule has 0 saturated heterocycles. The Kier molecular flexibility index (Phi) is 6.27. The lowest BCUT2D eigenvalue weighted by atomic mass is 10.6. The Labute approximate surface area is 118 Å². The number of carbonyl (C=O) groups is 1. The van der Waals surface area contributed by atoms with E-state index in [1.165, 1.54) is 4.90 Å². The van der Waals surface area contributed by atoms with Crippen molar-refractivity contribution in [3.05, 3.63) is 0 Å². The van der Waals surface area contributed by atoms with E-state index < -0.39 is 0 Å². The van der Waals surface area contributed by atoms with Crippen molar-refractivity contribution in [1.29, 1.82) is 0 Å². The van der Waals surface area contributed by atoms with Gasteiger partial charge >= 0.3 is 12.0 Å². The molecule has 0 aliphatic carbocycles. The Morgan fingerprint density at radius 2 is 1.90 bits per heavy atom. The molecular weight excluding hydrogens is 262 g/mol. The first-order valence-electron chi connectivity index (χ1n) is 6.32. The largest absolute Gasteiger partial charge is 0.464 e. The van der Waals surface area contributed by atoms with Crippen LogP contribution in [0.2, 0.25) is 0 Å². The molecule has 1 aromatic heterocycles. The number of ether oxygens (including phenoxy) is 1. The van der Waals surface area contributed by atoms with E-state index in [1.807, 2.05) is 6.92 Å². The maximum absolute atomic E-state index is 11.3. The fraction of sp³-hybridized carbons (Fsp3) is 0.636. The molecule has 1 aromatic rings. The summed E-state index contributed by atoms with van der Waals surface area (Å²) in [4.78, 5) is 25.1. The second-order valence-corrected chi connectivity index (χ2v) is 4.00. The molecule has 0 bridgehead atoms. The molecule has 0 radical (unpaired) electrons. The van der Waals surface area contributed by atoms with Gasteiger partial charge in [-0.3, -0.25) is 0 Å². The van der Waals surface area contributed by atoms with E-state index in [1.54, 1.807) is 21.1 Å². The van der Waals surface area contributed by atoms with E-state index in [9.17, 15) is 4.79 Å². The van der Waals surface area contributed by atoms with Gasteiger partial charge in [0.25, 0.3) is 0 Å². The molecule has 0 aliphatic heterocycles. The minimum Gasteiger partial charge on any atom is -0.464 e. The second kappa shape index (κ2) is 7.97. The van der Waals surface area contributed by atoms with Crippen LogP contribution in [-0.2, 0) is 0 Å².